The predicted octanol–water partition coefficient (Wildman–Crippen LogP) is 3.01. The number of rotatable bonds is 6. The summed E-state index contributed by atoms with van der Waals surface area (Å²) in [6.45, 7) is 7.02. The molecule has 0 aromatic carbocycles. The van der Waals surface area contributed by atoms with E-state index in [9.17, 15) is 0 Å². The van der Waals surface area contributed by atoms with Gasteiger partial charge in [-0.15, -0.1) is 0 Å². The molecule has 1 saturated heterocycles. The second-order valence-electron chi connectivity index (χ2n) is 5.67. The van der Waals surface area contributed by atoms with Gasteiger partial charge in [-0.2, -0.15) is 0 Å². The lowest BCUT2D eigenvalue weighted by molar-refractivity contribution is 0.172. The SMILES string of the molecule is CN1CCCCC1CCNC(C)(C)CCBr. The van der Waals surface area contributed by atoms with E-state index < -0.39 is 0 Å². The van der Waals surface area contributed by atoms with E-state index in [4.69, 9.17) is 0 Å². The first-order valence-electron chi connectivity index (χ1n) is 6.56. The molecule has 0 saturated carbocycles. The molecule has 1 rings (SSSR count). The fraction of sp³-hybridized carbons (Fsp3) is 1.00. The normalized spacial score (nSPS) is 23.6. The molecule has 0 amide bonds. The van der Waals surface area contributed by atoms with Gasteiger partial charge >= 0.3 is 0 Å². The molecule has 0 spiro atoms. The van der Waals surface area contributed by atoms with Gasteiger partial charge in [0.1, 0.15) is 0 Å². The number of nitrogens with one attached hydrogen (secondary N) is 1. The van der Waals surface area contributed by atoms with Gasteiger partial charge in [-0.3, -0.25) is 0 Å². The molecule has 1 unspecified atom stereocenters. The van der Waals surface area contributed by atoms with Crippen molar-refractivity contribution < 1.29 is 0 Å². The molecule has 3 heteroatoms. The van der Waals surface area contributed by atoms with Gasteiger partial charge in [-0.25, -0.2) is 0 Å². The van der Waals surface area contributed by atoms with Crippen molar-refractivity contribution in [1.29, 1.82) is 0 Å². The minimum atomic E-state index is 0.275. The molecule has 96 valence electrons. The molecule has 1 aliphatic rings. The van der Waals surface area contributed by atoms with Crippen LogP contribution in [0.1, 0.15) is 46.0 Å². The van der Waals surface area contributed by atoms with E-state index in [0.717, 1.165) is 17.9 Å². The number of halogens is 1. The van der Waals surface area contributed by atoms with Gasteiger partial charge in [0.15, 0.2) is 0 Å². The highest BCUT2D eigenvalue weighted by Crippen LogP contribution is 2.18. The summed E-state index contributed by atoms with van der Waals surface area (Å²) in [5.74, 6) is 0. The second kappa shape index (κ2) is 6.97. The van der Waals surface area contributed by atoms with Crippen molar-refractivity contribution in [3.05, 3.63) is 0 Å². The topological polar surface area (TPSA) is 15.3 Å². The first kappa shape index (κ1) is 14.5. The van der Waals surface area contributed by atoms with E-state index in [1.165, 1.54) is 38.6 Å². The molecule has 0 aromatic heterocycles. The van der Waals surface area contributed by atoms with Gasteiger partial charge in [0.05, 0.1) is 0 Å². The molecule has 1 N–H and O–H groups in total. The van der Waals surface area contributed by atoms with Gasteiger partial charge in [0.2, 0.25) is 0 Å². The van der Waals surface area contributed by atoms with Crippen molar-refractivity contribution in [2.45, 2.75) is 57.5 Å². The predicted molar refractivity (Wildman–Crippen MR) is 75.4 cm³/mol. The summed E-state index contributed by atoms with van der Waals surface area (Å²) in [6, 6.07) is 0.807. The Morgan fingerprint density at radius 3 is 2.75 bits per heavy atom. The lowest BCUT2D eigenvalue weighted by Crippen LogP contribution is -2.43. The summed E-state index contributed by atoms with van der Waals surface area (Å²) < 4.78 is 0. The highest BCUT2D eigenvalue weighted by Gasteiger charge is 2.20. The number of hydrogen-bond acceptors (Lipinski definition) is 2. The highest BCUT2D eigenvalue weighted by molar-refractivity contribution is 9.09. The zero-order valence-electron chi connectivity index (χ0n) is 11.1. The molecule has 0 bridgehead atoms. The minimum Gasteiger partial charge on any atom is -0.312 e. The average Bonchev–Trinajstić information content (AvgIpc) is 2.20. The number of alkyl halides is 1. The van der Waals surface area contributed by atoms with Gasteiger partial charge in [0.25, 0.3) is 0 Å². The molecular weight excluding hydrogens is 264 g/mol. The zero-order valence-corrected chi connectivity index (χ0v) is 12.6. The van der Waals surface area contributed by atoms with E-state index in [-0.39, 0.29) is 5.54 Å². The molecule has 16 heavy (non-hydrogen) atoms. The van der Waals surface area contributed by atoms with E-state index in [1.54, 1.807) is 0 Å². The zero-order chi connectivity index (χ0) is 12.0. The largest absolute Gasteiger partial charge is 0.312 e. The van der Waals surface area contributed by atoms with Gasteiger partial charge in [-0.1, -0.05) is 22.4 Å². The first-order chi connectivity index (χ1) is 7.55. The van der Waals surface area contributed by atoms with E-state index >= 15 is 0 Å². The summed E-state index contributed by atoms with van der Waals surface area (Å²) in [4.78, 5) is 2.53. The molecule has 0 radical (unpaired) electrons. The maximum atomic E-state index is 3.67. The Morgan fingerprint density at radius 2 is 2.12 bits per heavy atom. The molecular formula is C13H27BrN2. The molecule has 1 aliphatic heterocycles. The number of piperidine rings is 1. The van der Waals surface area contributed by atoms with Crippen LogP contribution in [0, 0.1) is 0 Å². The van der Waals surface area contributed by atoms with Crippen LogP contribution in [0.5, 0.6) is 0 Å². The Bertz CT molecular complexity index is 194. The van der Waals surface area contributed by atoms with Crippen LogP contribution < -0.4 is 5.32 Å². The molecule has 1 atom stereocenters. The maximum Gasteiger partial charge on any atom is 0.0133 e. The Morgan fingerprint density at radius 1 is 1.38 bits per heavy atom. The Labute approximate surface area is 109 Å². The van der Waals surface area contributed by atoms with Crippen molar-refractivity contribution in [2.75, 3.05) is 25.5 Å². The van der Waals surface area contributed by atoms with Crippen LogP contribution in [0.2, 0.25) is 0 Å². The van der Waals surface area contributed by atoms with Crippen molar-refractivity contribution in [1.82, 2.24) is 10.2 Å². The lowest BCUT2D eigenvalue weighted by Gasteiger charge is -2.34. The summed E-state index contributed by atoms with van der Waals surface area (Å²) in [5, 5.41) is 4.75. The van der Waals surface area contributed by atoms with Crippen LogP contribution >= 0.6 is 15.9 Å². The smallest absolute Gasteiger partial charge is 0.0133 e. The van der Waals surface area contributed by atoms with Crippen molar-refractivity contribution in [3.63, 3.8) is 0 Å². The van der Waals surface area contributed by atoms with Crippen molar-refractivity contribution >= 4 is 15.9 Å². The number of hydrogen-bond donors (Lipinski definition) is 1. The standard InChI is InChI=1S/C13H27BrN2/c1-13(2,8-9-14)15-10-7-12-6-4-5-11-16(12)3/h12,15H,4-11H2,1-3H3. The van der Waals surface area contributed by atoms with Crippen LogP contribution in [0.3, 0.4) is 0 Å². The van der Waals surface area contributed by atoms with E-state index in [1.807, 2.05) is 0 Å². The fourth-order valence-electron chi connectivity index (χ4n) is 2.41. The fourth-order valence-corrected chi connectivity index (χ4v) is 3.40. The molecule has 1 fully saturated rings. The molecule has 1 heterocycles. The first-order valence-corrected chi connectivity index (χ1v) is 7.68. The van der Waals surface area contributed by atoms with Gasteiger partial charge in [-0.05, 0) is 59.7 Å². The van der Waals surface area contributed by atoms with Gasteiger partial charge in [0, 0.05) is 16.9 Å². The lowest BCUT2D eigenvalue weighted by atomic mass is 9.98. The van der Waals surface area contributed by atoms with Crippen LogP contribution in [-0.4, -0.2) is 41.9 Å². The number of likely N-dealkylation sites (tertiary alicyclic amines) is 1. The quantitative estimate of drug-likeness (QED) is 0.757. The maximum absolute atomic E-state index is 3.67. The van der Waals surface area contributed by atoms with Crippen LogP contribution in [0.15, 0.2) is 0 Å². The summed E-state index contributed by atoms with van der Waals surface area (Å²) >= 11 is 3.52. The number of nitrogens with zero attached hydrogens (tertiary/aromatic N) is 1. The molecule has 0 aliphatic carbocycles. The monoisotopic (exact) mass is 290 g/mol. The van der Waals surface area contributed by atoms with Crippen LogP contribution in [0.25, 0.3) is 0 Å². The second-order valence-corrected chi connectivity index (χ2v) is 6.46. The summed E-state index contributed by atoms with van der Waals surface area (Å²) in [7, 11) is 2.27. The molecule has 0 aromatic rings. The Kier molecular flexibility index (Phi) is 6.30. The third-order valence-electron chi connectivity index (χ3n) is 3.72. The van der Waals surface area contributed by atoms with Crippen molar-refractivity contribution in [2.24, 2.45) is 0 Å². The van der Waals surface area contributed by atoms with E-state index in [2.05, 4.69) is 47.0 Å². The third-order valence-corrected chi connectivity index (χ3v) is 4.12. The minimum absolute atomic E-state index is 0.275. The summed E-state index contributed by atoms with van der Waals surface area (Å²) in [5.41, 5.74) is 0.275. The molecule has 2 nitrogen and oxygen atoms in total. The Hall–Kier alpha value is 0.400. The van der Waals surface area contributed by atoms with Crippen molar-refractivity contribution in [3.8, 4) is 0 Å². The highest BCUT2D eigenvalue weighted by atomic mass is 79.9. The summed E-state index contributed by atoms with van der Waals surface area (Å²) in [6.07, 6.45) is 6.67. The Balaban J connectivity index is 2.18. The van der Waals surface area contributed by atoms with Crippen LogP contribution in [-0.2, 0) is 0 Å². The average molecular weight is 291 g/mol. The third kappa shape index (κ3) is 5.15. The van der Waals surface area contributed by atoms with E-state index in [0.29, 0.717) is 0 Å². The van der Waals surface area contributed by atoms with Gasteiger partial charge < -0.3 is 10.2 Å². The van der Waals surface area contributed by atoms with Crippen LogP contribution in [0.4, 0.5) is 0 Å².